The molecule has 0 aliphatic rings. The van der Waals surface area contributed by atoms with Crippen molar-refractivity contribution >= 4 is 23.0 Å². The molecule has 29 heavy (non-hydrogen) atoms. The van der Waals surface area contributed by atoms with Gasteiger partial charge in [0.1, 0.15) is 23.1 Å². The molecule has 1 heterocycles. The van der Waals surface area contributed by atoms with E-state index in [0.29, 0.717) is 34.2 Å². The van der Waals surface area contributed by atoms with Gasteiger partial charge in [-0.2, -0.15) is 0 Å². The van der Waals surface area contributed by atoms with E-state index in [0.717, 1.165) is 11.1 Å². The average Bonchev–Trinajstić information content (AvgIpc) is 3.12. The molecular formula is C21H16N4O4. The monoisotopic (exact) mass is 388 g/mol. The summed E-state index contributed by atoms with van der Waals surface area (Å²) in [6.07, 6.45) is -0.871. The second-order valence-corrected chi connectivity index (χ2v) is 6.20. The molecule has 144 valence electrons. The number of nitrogens with two attached hydrogens (primary N) is 2. The fraction of sp³-hybridized carbons (Fsp3) is 0. The van der Waals surface area contributed by atoms with Crippen LogP contribution >= 0.6 is 0 Å². The van der Waals surface area contributed by atoms with E-state index in [1.807, 2.05) is 24.3 Å². The molecule has 0 unspecified atom stereocenters. The number of ether oxygens (including phenoxy) is 2. The summed E-state index contributed by atoms with van der Waals surface area (Å²) in [5, 5.41) is 0. The minimum atomic E-state index is -0.871. The van der Waals surface area contributed by atoms with Crippen LogP contribution in [-0.4, -0.2) is 22.0 Å². The summed E-state index contributed by atoms with van der Waals surface area (Å²) in [6, 6.07) is 18.9. The number of aromatic nitrogens is 2. The van der Waals surface area contributed by atoms with Gasteiger partial charge >= 0.3 is 6.09 Å². The van der Waals surface area contributed by atoms with Gasteiger partial charge in [-0.25, -0.2) is 9.78 Å². The Hall–Kier alpha value is -4.33. The smallest absolute Gasteiger partial charge is 0.409 e. The lowest BCUT2D eigenvalue weighted by molar-refractivity contribution is 0.1000. The molecule has 0 aliphatic heterocycles. The van der Waals surface area contributed by atoms with E-state index in [4.69, 9.17) is 20.9 Å². The topological polar surface area (TPSA) is 133 Å². The molecular weight excluding hydrogens is 372 g/mol. The molecule has 5 N–H and O–H groups in total. The number of imidazole rings is 1. The first-order valence-corrected chi connectivity index (χ1v) is 8.63. The van der Waals surface area contributed by atoms with Gasteiger partial charge in [0.25, 0.3) is 0 Å². The van der Waals surface area contributed by atoms with E-state index in [-0.39, 0.29) is 0 Å². The first kappa shape index (κ1) is 18.1. The maximum Gasteiger partial charge on any atom is 0.409 e. The minimum Gasteiger partial charge on any atom is -0.457 e. The number of fused-ring (bicyclic) bond motifs is 1. The summed E-state index contributed by atoms with van der Waals surface area (Å²) in [5.74, 6) is 1.74. The van der Waals surface area contributed by atoms with E-state index in [1.54, 1.807) is 42.5 Å². The predicted octanol–water partition coefficient (Wildman–Crippen LogP) is 3.58. The second kappa shape index (κ2) is 7.35. The molecule has 0 radical (unpaired) electrons. The third kappa shape index (κ3) is 4.01. The summed E-state index contributed by atoms with van der Waals surface area (Å²) >= 11 is 0. The molecule has 1 aromatic heterocycles. The SMILES string of the molecule is NC(=O)Oc1ccc2nc(-c3ccc(Oc4ccc(C(N)=O)cc4)cc3)[nH]c2c1. The molecule has 4 aromatic rings. The summed E-state index contributed by atoms with van der Waals surface area (Å²) in [7, 11) is 0. The largest absolute Gasteiger partial charge is 0.457 e. The molecule has 0 fully saturated rings. The Morgan fingerprint density at radius 3 is 2.07 bits per heavy atom. The Morgan fingerprint density at radius 2 is 1.45 bits per heavy atom. The molecule has 8 nitrogen and oxygen atoms in total. The van der Waals surface area contributed by atoms with Crippen molar-refractivity contribution in [3.8, 4) is 28.6 Å². The van der Waals surface area contributed by atoms with E-state index in [2.05, 4.69) is 9.97 Å². The Labute approximate surface area is 165 Å². The van der Waals surface area contributed by atoms with Crippen molar-refractivity contribution in [1.29, 1.82) is 0 Å². The zero-order valence-electron chi connectivity index (χ0n) is 15.1. The molecule has 3 aromatic carbocycles. The molecule has 0 bridgehead atoms. The number of primary amides is 2. The van der Waals surface area contributed by atoms with Gasteiger partial charge in [-0.3, -0.25) is 4.79 Å². The number of hydrogen-bond donors (Lipinski definition) is 3. The Kier molecular flexibility index (Phi) is 4.58. The van der Waals surface area contributed by atoms with Gasteiger partial charge in [0.2, 0.25) is 5.91 Å². The normalized spacial score (nSPS) is 10.6. The van der Waals surface area contributed by atoms with Gasteiger partial charge in [0, 0.05) is 17.2 Å². The molecule has 0 atom stereocenters. The van der Waals surface area contributed by atoms with Crippen molar-refractivity contribution < 1.29 is 19.1 Å². The Morgan fingerprint density at radius 1 is 0.828 bits per heavy atom. The van der Waals surface area contributed by atoms with Gasteiger partial charge in [-0.05, 0) is 60.7 Å². The van der Waals surface area contributed by atoms with Crippen LogP contribution in [0.3, 0.4) is 0 Å². The fourth-order valence-corrected chi connectivity index (χ4v) is 2.81. The van der Waals surface area contributed by atoms with Crippen LogP contribution in [0.25, 0.3) is 22.4 Å². The number of carbonyl (C=O) groups excluding carboxylic acids is 2. The molecule has 8 heteroatoms. The highest BCUT2D eigenvalue weighted by molar-refractivity contribution is 5.92. The summed E-state index contributed by atoms with van der Waals surface area (Å²) in [5.41, 5.74) is 13.0. The number of nitrogens with one attached hydrogen (secondary N) is 1. The first-order valence-electron chi connectivity index (χ1n) is 8.63. The number of benzene rings is 3. The van der Waals surface area contributed by atoms with Crippen LogP contribution in [-0.2, 0) is 0 Å². The van der Waals surface area contributed by atoms with Crippen LogP contribution < -0.4 is 20.9 Å². The van der Waals surface area contributed by atoms with Crippen molar-refractivity contribution in [1.82, 2.24) is 9.97 Å². The van der Waals surface area contributed by atoms with Crippen molar-refractivity contribution in [3.63, 3.8) is 0 Å². The Bertz CT molecular complexity index is 1200. The number of nitrogens with zero attached hydrogens (tertiary/aromatic N) is 1. The van der Waals surface area contributed by atoms with Gasteiger partial charge < -0.3 is 25.9 Å². The van der Waals surface area contributed by atoms with Gasteiger partial charge in [-0.15, -0.1) is 0 Å². The third-order valence-electron chi connectivity index (χ3n) is 4.17. The first-order chi connectivity index (χ1) is 14.0. The zero-order valence-corrected chi connectivity index (χ0v) is 15.1. The summed E-state index contributed by atoms with van der Waals surface area (Å²) in [6.45, 7) is 0. The van der Waals surface area contributed by atoms with E-state index >= 15 is 0 Å². The second-order valence-electron chi connectivity index (χ2n) is 6.20. The highest BCUT2D eigenvalue weighted by Gasteiger charge is 2.08. The van der Waals surface area contributed by atoms with E-state index in [1.165, 1.54) is 0 Å². The molecule has 0 saturated carbocycles. The lowest BCUT2D eigenvalue weighted by atomic mass is 10.2. The van der Waals surface area contributed by atoms with Crippen molar-refractivity contribution in [2.75, 3.05) is 0 Å². The van der Waals surface area contributed by atoms with Crippen molar-refractivity contribution in [3.05, 3.63) is 72.3 Å². The highest BCUT2D eigenvalue weighted by atomic mass is 16.5. The molecule has 4 rings (SSSR count). The number of amides is 2. The Balaban J connectivity index is 1.52. The molecule has 2 amide bonds. The molecule has 0 saturated heterocycles. The zero-order chi connectivity index (χ0) is 20.4. The highest BCUT2D eigenvalue weighted by Crippen LogP contribution is 2.27. The fourth-order valence-electron chi connectivity index (χ4n) is 2.81. The van der Waals surface area contributed by atoms with Crippen LogP contribution in [0.4, 0.5) is 4.79 Å². The molecule has 0 aliphatic carbocycles. The van der Waals surface area contributed by atoms with Crippen LogP contribution in [0.2, 0.25) is 0 Å². The number of carbonyl (C=O) groups is 2. The summed E-state index contributed by atoms with van der Waals surface area (Å²) < 4.78 is 10.7. The predicted molar refractivity (Wildman–Crippen MR) is 107 cm³/mol. The number of H-pyrrole nitrogens is 1. The standard InChI is InChI=1S/C21H16N4O4/c22-19(26)12-1-5-14(6-2-12)28-15-7-3-13(4-8-15)20-24-17-10-9-16(29-21(23)27)11-18(17)25-20/h1-11H,(H2,22,26)(H2,23,27)(H,24,25). The van der Waals surface area contributed by atoms with E-state index < -0.39 is 12.0 Å². The lowest BCUT2D eigenvalue weighted by Gasteiger charge is -2.06. The van der Waals surface area contributed by atoms with Crippen LogP contribution in [0.15, 0.2) is 66.7 Å². The third-order valence-corrected chi connectivity index (χ3v) is 4.17. The van der Waals surface area contributed by atoms with Crippen LogP contribution in [0, 0.1) is 0 Å². The van der Waals surface area contributed by atoms with Crippen molar-refractivity contribution in [2.24, 2.45) is 11.5 Å². The quantitative estimate of drug-likeness (QED) is 0.480. The average molecular weight is 388 g/mol. The van der Waals surface area contributed by atoms with Gasteiger partial charge in [0.05, 0.1) is 11.0 Å². The number of hydrogen-bond acceptors (Lipinski definition) is 5. The minimum absolute atomic E-state index is 0.339. The van der Waals surface area contributed by atoms with Crippen molar-refractivity contribution in [2.45, 2.75) is 0 Å². The lowest BCUT2D eigenvalue weighted by Crippen LogP contribution is -2.16. The van der Waals surface area contributed by atoms with Crippen LogP contribution in [0.5, 0.6) is 17.2 Å². The van der Waals surface area contributed by atoms with Crippen LogP contribution in [0.1, 0.15) is 10.4 Å². The maximum atomic E-state index is 11.1. The summed E-state index contributed by atoms with van der Waals surface area (Å²) in [4.78, 5) is 29.7. The number of rotatable bonds is 5. The maximum absolute atomic E-state index is 11.1. The molecule has 0 spiro atoms. The van der Waals surface area contributed by atoms with Gasteiger partial charge in [0.15, 0.2) is 0 Å². The number of aromatic amines is 1. The van der Waals surface area contributed by atoms with E-state index in [9.17, 15) is 9.59 Å². The van der Waals surface area contributed by atoms with Gasteiger partial charge in [-0.1, -0.05) is 0 Å².